The second kappa shape index (κ2) is 6.69. The Morgan fingerprint density at radius 2 is 1.94 bits per heavy atom. The van der Waals surface area contributed by atoms with Gasteiger partial charge in [-0.1, -0.05) is 26.3 Å². The average molecular weight is 228 g/mol. The van der Waals surface area contributed by atoms with Crippen molar-refractivity contribution in [1.82, 2.24) is 0 Å². The van der Waals surface area contributed by atoms with Crippen molar-refractivity contribution in [3.63, 3.8) is 0 Å². The van der Waals surface area contributed by atoms with Crippen LogP contribution in [0.25, 0.3) is 0 Å². The number of hydrogen-bond acceptors (Lipinski definition) is 3. The first-order chi connectivity index (χ1) is 7.20. The Balaban J connectivity index is 3.79. The van der Waals surface area contributed by atoms with Crippen LogP contribution in [0.1, 0.15) is 53.9 Å². The Hall–Kier alpha value is -0.830. The molecule has 0 saturated heterocycles. The van der Waals surface area contributed by atoms with E-state index in [9.17, 15) is 9.90 Å². The number of allylic oxidation sites excluding steroid dienone is 1. The van der Waals surface area contributed by atoms with Gasteiger partial charge in [0.2, 0.25) is 6.29 Å². The van der Waals surface area contributed by atoms with E-state index >= 15 is 0 Å². The Bertz CT molecular complexity index is 244. The van der Waals surface area contributed by atoms with E-state index in [0.29, 0.717) is 6.42 Å². The van der Waals surface area contributed by atoms with Crippen LogP contribution < -0.4 is 0 Å². The van der Waals surface area contributed by atoms with Crippen LogP contribution >= 0.6 is 0 Å². The summed E-state index contributed by atoms with van der Waals surface area (Å²) in [5, 5.41) is 9.46. The second-order valence-electron chi connectivity index (χ2n) is 5.57. The standard InChI is InChI=1S/C13H24O3/c1-10(2)9-12(15)16-11(14)7-6-8-13(3,4)5/h9,11,14H,6-8H2,1-5H3. The molecule has 0 saturated carbocycles. The molecule has 94 valence electrons. The summed E-state index contributed by atoms with van der Waals surface area (Å²) in [6.45, 7) is 10.1. The highest BCUT2D eigenvalue weighted by Gasteiger charge is 2.13. The van der Waals surface area contributed by atoms with Crippen molar-refractivity contribution in [2.75, 3.05) is 0 Å². The molecule has 0 aliphatic carbocycles. The summed E-state index contributed by atoms with van der Waals surface area (Å²) >= 11 is 0. The molecule has 3 nitrogen and oxygen atoms in total. The molecule has 0 aliphatic heterocycles. The smallest absolute Gasteiger partial charge is 0.332 e. The van der Waals surface area contributed by atoms with E-state index in [1.807, 2.05) is 13.8 Å². The number of carbonyl (C=O) groups is 1. The zero-order valence-electron chi connectivity index (χ0n) is 11.0. The molecule has 0 aromatic rings. The lowest BCUT2D eigenvalue weighted by Crippen LogP contribution is -2.17. The average Bonchev–Trinajstić information content (AvgIpc) is 1.98. The molecule has 1 atom stereocenters. The molecular formula is C13H24O3. The number of rotatable bonds is 5. The Labute approximate surface area is 98.5 Å². The van der Waals surface area contributed by atoms with Gasteiger partial charge in [-0.15, -0.1) is 0 Å². The highest BCUT2D eigenvalue weighted by Crippen LogP contribution is 2.22. The Kier molecular flexibility index (Phi) is 6.34. The molecule has 0 radical (unpaired) electrons. The van der Waals surface area contributed by atoms with Crippen molar-refractivity contribution < 1.29 is 14.6 Å². The molecule has 16 heavy (non-hydrogen) atoms. The van der Waals surface area contributed by atoms with Gasteiger partial charge in [-0.3, -0.25) is 0 Å². The zero-order valence-corrected chi connectivity index (χ0v) is 11.0. The summed E-state index contributed by atoms with van der Waals surface area (Å²) in [7, 11) is 0. The van der Waals surface area contributed by atoms with Crippen LogP contribution in [0.5, 0.6) is 0 Å². The molecule has 0 amide bonds. The van der Waals surface area contributed by atoms with Gasteiger partial charge in [-0.25, -0.2) is 4.79 Å². The number of aliphatic hydroxyl groups is 1. The number of carbonyl (C=O) groups excluding carboxylic acids is 1. The van der Waals surface area contributed by atoms with Gasteiger partial charge < -0.3 is 9.84 Å². The van der Waals surface area contributed by atoms with Gasteiger partial charge in [0.1, 0.15) is 0 Å². The van der Waals surface area contributed by atoms with E-state index in [0.717, 1.165) is 18.4 Å². The first-order valence-corrected chi connectivity index (χ1v) is 5.74. The van der Waals surface area contributed by atoms with Crippen molar-refractivity contribution >= 4 is 5.97 Å². The fourth-order valence-electron chi connectivity index (χ4n) is 1.27. The minimum atomic E-state index is -0.981. The van der Waals surface area contributed by atoms with Gasteiger partial charge in [-0.2, -0.15) is 0 Å². The van der Waals surface area contributed by atoms with E-state index in [4.69, 9.17) is 4.74 Å². The third kappa shape index (κ3) is 9.71. The summed E-state index contributed by atoms with van der Waals surface area (Å²) in [6, 6.07) is 0. The highest BCUT2D eigenvalue weighted by atomic mass is 16.6. The van der Waals surface area contributed by atoms with Crippen molar-refractivity contribution in [2.45, 2.75) is 60.2 Å². The highest BCUT2D eigenvalue weighted by molar-refractivity contribution is 5.82. The predicted molar refractivity (Wildman–Crippen MR) is 64.8 cm³/mol. The van der Waals surface area contributed by atoms with Gasteiger partial charge in [0.25, 0.3) is 0 Å². The molecular weight excluding hydrogens is 204 g/mol. The Morgan fingerprint density at radius 1 is 1.38 bits per heavy atom. The third-order valence-electron chi connectivity index (χ3n) is 2.04. The fraction of sp³-hybridized carbons (Fsp3) is 0.769. The van der Waals surface area contributed by atoms with Gasteiger partial charge in [0, 0.05) is 12.5 Å². The lowest BCUT2D eigenvalue weighted by atomic mass is 9.90. The van der Waals surface area contributed by atoms with Crippen LogP contribution in [0.15, 0.2) is 11.6 Å². The summed E-state index contributed by atoms with van der Waals surface area (Å²) in [5.74, 6) is -0.469. The van der Waals surface area contributed by atoms with Gasteiger partial charge in [-0.05, 0) is 32.1 Å². The van der Waals surface area contributed by atoms with Crippen molar-refractivity contribution in [2.24, 2.45) is 5.41 Å². The van der Waals surface area contributed by atoms with E-state index < -0.39 is 12.3 Å². The molecule has 3 heteroatoms. The molecule has 0 aromatic carbocycles. The van der Waals surface area contributed by atoms with E-state index in [1.54, 1.807) is 0 Å². The molecule has 1 N–H and O–H groups in total. The number of aliphatic hydroxyl groups excluding tert-OH is 1. The quantitative estimate of drug-likeness (QED) is 0.447. The van der Waals surface area contributed by atoms with Gasteiger partial charge in [0.15, 0.2) is 0 Å². The largest absolute Gasteiger partial charge is 0.433 e. The van der Waals surface area contributed by atoms with Crippen LogP contribution in [0.2, 0.25) is 0 Å². The molecule has 0 bridgehead atoms. The van der Waals surface area contributed by atoms with Crippen LogP contribution in [0, 0.1) is 5.41 Å². The van der Waals surface area contributed by atoms with Crippen LogP contribution in [-0.2, 0) is 9.53 Å². The number of hydrogen-bond donors (Lipinski definition) is 1. The van der Waals surface area contributed by atoms with Crippen molar-refractivity contribution in [1.29, 1.82) is 0 Å². The molecule has 0 aliphatic rings. The van der Waals surface area contributed by atoms with E-state index in [1.165, 1.54) is 6.08 Å². The molecule has 0 rings (SSSR count). The summed E-state index contributed by atoms with van der Waals surface area (Å²) in [5.41, 5.74) is 1.12. The lowest BCUT2D eigenvalue weighted by Gasteiger charge is -2.18. The van der Waals surface area contributed by atoms with Gasteiger partial charge in [0.05, 0.1) is 0 Å². The second-order valence-corrected chi connectivity index (χ2v) is 5.57. The maximum atomic E-state index is 11.2. The zero-order chi connectivity index (χ0) is 12.8. The summed E-state index contributed by atoms with van der Waals surface area (Å²) in [6.07, 6.45) is 2.76. The van der Waals surface area contributed by atoms with E-state index in [2.05, 4.69) is 20.8 Å². The van der Waals surface area contributed by atoms with Crippen LogP contribution in [0.3, 0.4) is 0 Å². The first-order valence-electron chi connectivity index (χ1n) is 5.74. The SMILES string of the molecule is CC(C)=CC(=O)OC(O)CCCC(C)(C)C. The molecule has 0 spiro atoms. The summed E-state index contributed by atoms with van der Waals surface area (Å²) in [4.78, 5) is 11.2. The fourth-order valence-corrected chi connectivity index (χ4v) is 1.27. The molecule has 0 heterocycles. The minimum absolute atomic E-state index is 0.254. The normalized spacial score (nSPS) is 13.1. The number of esters is 1. The van der Waals surface area contributed by atoms with Crippen molar-refractivity contribution in [3.05, 3.63) is 11.6 Å². The van der Waals surface area contributed by atoms with Crippen molar-refractivity contribution in [3.8, 4) is 0 Å². The van der Waals surface area contributed by atoms with Crippen LogP contribution in [0.4, 0.5) is 0 Å². The maximum absolute atomic E-state index is 11.2. The lowest BCUT2D eigenvalue weighted by molar-refractivity contribution is -0.162. The summed E-state index contributed by atoms with van der Waals surface area (Å²) < 4.78 is 4.82. The first kappa shape index (κ1) is 15.2. The predicted octanol–water partition coefficient (Wildman–Crippen LogP) is 3.03. The minimum Gasteiger partial charge on any atom is -0.433 e. The number of ether oxygens (including phenoxy) is 1. The molecule has 0 fully saturated rings. The third-order valence-corrected chi connectivity index (χ3v) is 2.04. The molecule has 1 unspecified atom stereocenters. The molecule has 0 aromatic heterocycles. The van der Waals surface area contributed by atoms with Gasteiger partial charge >= 0.3 is 5.97 Å². The maximum Gasteiger partial charge on any atom is 0.332 e. The van der Waals surface area contributed by atoms with E-state index in [-0.39, 0.29) is 5.41 Å². The monoisotopic (exact) mass is 228 g/mol. The van der Waals surface area contributed by atoms with Crippen LogP contribution in [-0.4, -0.2) is 17.4 Å². The topological polar surface area (TPSA) is 46.5 Å². The Morgan fingerprint density at radius 3 is 2.38 bits per heavy atom.